The first-order chi connectivity index (χ1) is 8.72. The van der Waals surface area contributed by atoms with Gasteiger partial charge < -0.3 is 24.6 Å². The molecule has 0 saturated carbocycles. The third kappa shape index (κ3) is 5.89. The number of aliphatic carboxylic acids is 1. The van der Waals surface area contributed by atoms with Gasteiger partial charge in [0.2, 0.25) is 0 Å². The summed E-state index contributed by atoms with van der Waals surface area (Å²) in [6.45, 7) is 6.11. The Morgan fingerprint density at radius 2 is 1.79 bits per heavy atom. The summed E-state index contributed by atoms with van der Waals surface area (Å²) in [6.07, 6.45) is -0.963. The van der Waals surface area contributed by atoms with E-state index in [4.69, 9.17) is 19.3 Å². The highest BCUT2D eigenvalue weighted by Crippen LogP contribution is 2.17. The number of hydrogen-bond acceptors (Lipinski definition) is 5. The number of ether oxygens (including phenoxy) is 3. The molecule has 0 aromatic rings. The molecule has 7 heteroatoms. The smallest absolute Gasteiger partial charge is 0.408 e. The Labute approximate surface area is 112 Å². The van der Waals surface area contributed by atoms with Crippen molar-refractivity contribution >= 4 is 12.1 Å². The van der Waals surface area contributed by atoms with Crippen LogP contribution in [0.4, 0.5) is 4.79 Å². The zero-order chi connectivity index (χ0) is 14.5. The summed E-state index contributed by atoms with van der Waals surface area (Å²) >= 11 is 0. The maximum atomic E-state index is 11.8. The van der Waals surface area contributed by atoms with Gasteiger partial charge in [-0.3, -0.25) is 4.79 Å². The van der Waals surface area contributed by atoms with Crippen molar-refractivity contribution in [1.29, 1.82) is 0 Å². The minimum absolute atomic E-state index is 0.0819. The fourth-order valence-electron chi connectivity index (χ4n) is 1.72. The van der Waals surface area contributed by atoms with Crippen LogP contribution in [0.2, 0.25) is 0 Å². The van der Waals surface area contributed by atoms with Crippen molar-refractivity contribution in [2.75, 3.05) is 26.4 Å². The van der Waals surface area contributed by atoms with Crippen molar-refractivity contribution in [3.8, 4) is 0 Å². The van der Waals surface area contributed by atoms with Crippen LogP contribution in [0.5, 0.6) is 0 Å². The first kappa shape index (κ1) is 15.7. The topological polar surface area (TPSA) is 94.1 Å². The minimum atomic E-state index is -1.09. The molecule has 1 fully saturated rings. The molecule has 1 saturated heterocycles. The highest BCUT2D eigenvalue weighted by Gasteiger charge is 2.38. The lowest BCUT2D eigenvalue weighted by molar-refractivity contribution is -0.139. The summed E-state index contributed by atoms with van der Waals surface area (Å²) in [5, 5.41) is 11.5. The molecule has 0 aromatic heterocycles. The SMILES string of the molecule is CC(C)(C)OC(=O)NC1(CC(=O)O)COCCOC1. The molecule has 1 aliphatic heterocycles. The van der Waals surface area contributed by atoms with Crippen molar-refractivity contribution < 1.29 is 28.9 Å². The first-order valence-electron chi connectivity index (χ1n) is 6.11. The van der Waals surface area contributed by atoms with Crippen LogP contribution in [0.15, 0.2) is 0 Å². The Morgan fingerprint density at radius 1 is 1.26 bits per heavy atom. The van der Waals surface area contributed by atoms with Crippen LogP contribution in [0, 0.1) is 0 Å². The third-order valence-corrected chi connectivity index (χ3v) is 2.38. The number of alkyl carbamates (subject to hydrolysis) is 1. The maximum absolute atomic E-state index is 11.8. The van der Waals surface area contributed by atoms with E-state index in [9.17, 15) is 9.59 Å². The van der Waals surface area contributed by atoms with E-state index in [1.165, 1.54) is 0 Å². The second kappa shape index (κ2) is 6.21. The lowest BCUT2D eigenvalue weighted by Gasteiger charge is -2.32. The van der Waals surface area contributed by atoms with Crippen LogP contribution in [0.25, 0.3) is 0 Å². The van der Waals surface area contributed by atoms with Gasteiger partial charge in [0.25, 0.3) is 0 Å². The van der Waals surface area contributed by atoms with Gasteiger partial charge in [-0.15, -0.1) is 0 Å². The van der Waals surface area contributed by atoms with Gasteiger partial charge in [-0.25, -0.2) is 4.79 Å². The summed E-state index contributed by atoms with van der Waals surface area (Å²) in [7, 11) is 0. The molecular weight excluding hydrogens is 254 g/mol. The Morgan fingerprint density at radius 3 is 2.21 bits per heavy atom. The lowest BCUT2D eigenvalue weighted by atomic mass is 9.97. The molecule has 2 N–H and O–H groups in total. The van der Waals surface area contributed by atoms with E-state index in [0.29, 0.717) is 13.2 Å². The molecule has 0 unspecified atom stereocenters. The normalized spacial score (nSPS) is 19.3. The molecule has 1 aliphatic rings. The molecule has 1 rings (SSSR count). The second-order valence-corrected chi connectivity index (χ2v) is 5.58. The molecule has 19 heavy (non-hydrogen) atoms. The molecule has 1 amide bonds. The number of carbonyl (C=O) groups excluding carboxylic acids is 1. The summed E-state index contributed by atoms with van der Waals surface area (Å²) in [6, 6.07) is 0. The van der Waals surface area contributed by atoms with E-state index in [0.717, 1.165) is 0 Å². The monoisotopic (exact) mass is 275 g/mol. The standard InChI is InChI=1S/C12H21NO6/c1-11(2,3)19-10(16)13-12(6-9(14)15)7-17-4-5-18-8-12/h4-8H2,1-3H3,(H,13,16)(H,14,15). The van der Waals surface area contributed by atoms with Crippen molar-refractivity contribution in [1.82, 2.24) is 5.32 Å². The van der Waals surface area contributed by atoms with Gasteiger partial charge in [-0.2, -0.15) is 0 Å². The zero-order valence-electron chi connectivity index (χ0n) is 11.5. The van der Waals surface area contributed by atoms with E-state index < -0.39 is 23.2 Å². The molecule has 110 valence electrons. The van der Waals surface area contributed by atoms with Gasteiger partial charge in [0.05, 0.1) is 32.8 Å². The van der Waals surface area contributed by atoms with Crippen molar-refractivity contribution in [3.05, 3.63) is 0 Å². The van der Waals surface area contributed by atoms with Crippen molar-refractivity contribution in [3.63, 3.8) is 0 Å². The summed E-state index contributed by atoms with van der Waals surface area (Å²) in [4.78, 5) is 22.7. The number of nitrogens with one attached hydrogen (secondary N) is 1. The number of carboxylic acids is 1. The Kier molecular flexibility index (Phi) is 5.13. The van der Waals surface area contributed by atoms with Crippen LogP contribution >= 0.6 is 0 Å². The minimum Gasteiger partial charge on any atom is -0.481 e. The van der Waals surface area contributed by atoms with Gasteiger partial charge in [0.1, 0.15) is 11.1 Å². The van der Waals surface area contributed by atoms with Crippen molar-refractivity contribution in [2.24, 2.45) is 0 Å². The third-order valence-electron chi connectivity index (χ3n) is 2.38. The fraction of sp³-hybridized carbons (Fsp3) is 0.833. The van der Waals surface area contributed by atoms with Gasteiger partial charge >= 0.3 is 12.1 Å². The van der Waals surface area contributed by atoms with Gasteiger partial charge in [-0.1, -0.05) is 0 Å². The molecule has 0 radical (unpaired) electrons. The average molecular weight is 275 g/mol. The van der Waals surface area contributed by atoms with Crippen molar-refractivity contribution in [2.45, 2.75) is 38.3 Å². The quantitative estimate of drug-likeness (QED) is 0.790. The Bertz CT molecular complexity index is 328. The molecule has 0 atom stereocenters. The van der Waals surface area contributed by atoms with Crippen LogP contribution in [-0.4, -0.2) is 54.7 Å². The van der Waals surface area contributed by atoms with Gasteiger partial charge in [0.15, 0.2) is 0 Å². The van der Waals surface area contributed by atoms with E-state index in [1.54, 1.807) is 20.8 Å². The van der Waals surface area contributed by atoms with E-state index in [2.05, 4.69) is 5.32 Å². The molecule has 1 heterocycles. The average Bonchev–Trinajstić information content (AvgIpc) is 2.39. The summed E-state index contributed by atoms with van der Waals surface area (Å²) < 4.78 is 15.7. The van der Waals surface area contributed by atoms with Crippen LogP contribution in [0.1, 0.15) is 27.2 Å². The molecule has 0 spiro atoms. The predicted octanol–water partition coefficient (Wildman–Crippen LogP) is 0.771. The number of carbonyl (C=O) groups is 2. The van der Waals surface area contributed by atoms with Crippen LogP contribution in [-0.2, 0) is 19.0 Å². The molecular formula is C12H21NO6. The van der Waals surface area contributed by atoms with Crippen LogP contribution in [0.3, 0.4) is 0 Å². The second-order valence-electron chi connectivity index (χ2n) is 5.58. The molecule has 0 aromatic carbocycles. The fourth-order valence-corrected chi connectivity index (χ4v) is 1.72. The zero-order valence-corrected chi connectivity index (χ0v) is 11.5. The summed E-state index contributed by atoms with van der Waals surface area (Å²) in [5.74, 6) is -1.04. The van der Waals surface area contributed by atoms with Gasteiger partial charge in [-0.05, 0) is 20.8 Å². The molecule has 7 nitrogen and oxygen atoms in total. The molecule has 0 aliphatic carbocycles. The largest absolute Gasteiger partial charge is 0.481 e. The summed E-state index contributed by atoms with van der Waals surface area (Å²) in [5.41, 5.74) is -1.74. The number of carboxylic acid groups (broad SMARTS) is 1. The van der Waals surface area contributed by atoms with E-state index in [-0.39, 0.29) is 19.6 Å². The lowest BCUT2D eigenvalue weighted by Crippen LogP contribution is -2.56. The van der Waals surface area contributed by atoms with Gasteiger partial charge in [0, 0.05) is 0 Å². The highest BCUT2D eigenvalue weighted by atomic mass is 16.6. The number of hydrogen-bond donors (Lipinski definition) is 2. The Balaban J connectivity index is 2.73. The predicted molar refractivity (Wildman–Crippen MR) is 66.0 cm³/mol. The Hall–Kier alpha value is -1.34. The van der Waals surface area contributed by atoms with Crippen LogP contribution < -0.4 is 5.32 Å². The van der Waals surface area contributed by atoms with E-state index >= 15 is 0 Å². The highest BCUT2D eigenvalue weighted by molar-refractivity contribution is 5.73. The van der Waals surface area contributed by atoms with E-state index in [1.807, 2.05) is 0 Å². The number of amides is 1. The maximum Gasteiger partial charge on any atom is 0.408 e. The number of rotatable bonds is 3. The first-order valence-corrected chi connectivity index (χ1v) is 6.11. The molecule has 0 bridgehead atoms.